The molecule has 0 aliphatic rings. The summed E-state index contributed by atoms with van der Waals surface area (Å²) in [6.07, 6.45) is 0. The summed E-state index contributed by atoms with van der Waals surface area (Å²) in [6, 6.07) is 5.94. The quantitative estimate of drug-likeness (QED) is 0.835. The largest absolute Gasteiger partial charge is 0.465 e. The Hall–Kier alpha value is -1.71. The number of hydrogen-bond donors (Lipinski definition) is 1. The molecule has 2 aromatic heterocycles. The lowest BCUT2D eigenvalue weighted by molar-refractivity contribution is 0.490. The molecule has 0 saturated carbocycles. The Morgan fingerprint density at radius 3 is 2.73 bits per heavy atom. The van der Waals surface area contributed by atoms with E-state index in [1.807, 2.05) is 43.8 Å². The van der Waals surface area contributed by atoms with Crippen molar-refractivity contribution in [2.24, 2.45) is 7.05 Å². The minimum absolute atomic E-state index is 0.671. The Morgan fingerprint density at radius 1 is 1.40 bits per heavy atom. The molecule has 0 fully saturated rings. The molecule has 0 aliphatic heterocycles. The van der Waals surface area contributed by atoms with Crippen molar-refractivity contribution in [3.63, 3.8) is 0 Å². The second-order valence-electron chi connectivity index (χ2n) is 3.66. The number of anilines is 1. The molecule has 1 N–H and O–H groups in total. The van der Waals surface area contributed by atoms with Gasteiger partial charge in [0, 0.05) is 18.8 Å². The van der Waals surface area contributed by atoms with Crippen molar-refractivity contribution < 1.29 is 4.42 Å². The van der Waals surface area contributed by atoms with Crippen molar-refractivity contribution in [2.75, 3.05) is 5.32 Å². The van der Waals surface area contributed by atoms with Crippen LogP contribution >= 0.6 is 0 Å². The summed E-state index contributed by atoms with van der Waals surface area (Å²) in [5.74, 6) is 2.74. The molecule has 0 atom stereocenters. The average molecular weight is 205 g/mol. The molecule has 0 spiro atoms. The van der Waals surface area contributed by atoms with Crippen LogP contribution in [-0.4, -0.2) is 9.78 Å². The van der Waals surface area contributed by atoms with E-state index in [0.717, 1.165) is 23.0 Å². The highest BCUT2D eigenvalue weighted by molar-refractivity contribution is 5.35. The molecule has 15 heavy (non-hydrogen) atoms. The number of hydrogen-bond acceptors (Lipinski definition) is 3. The van der Waals surface area contributed by atoms with Gasteiger partial charge in [-0.05, 0) is 26.0 Å². The van der Waals surface area contributed by atoms with Crippen LogP contribution in [0.25, 0.3) is 0 Å². The monoisotopic (exact) mass is 205 g/mol. The van der Waals surface area contributed by atoms with E-state index in [0.29, 0.717) is 6.54 Å². The first-order valence-corrected chi connectivity index (χ1v) is 4.95. The molecule has 0 saturated heterocycles. The summed E-state index contributed by atoms with van der Waals surface area (Å²) in [5, 5.41) is 7.51. The Balaban J connectivity index is 1.99. The average Bonchev–Trinajstić information content (AvgIpc) is 2.72. The lowest BCUT2D eigenvalue weighted by Crippen LogP contribution is -1.99. The van der Waals surface area contributed by atoms with Crippen LogP contribution in [0.2, 0.25) is 0 Å². The van der Waals surface area contributed by atoms with Gasteiger partial charge < -0.3 is 9.73 Å². The van der Waals surface area contributed by atoms with Gasteiger partial charge in [0.1, 0.15) is 17.3 Å². The third kappa shape index (κ3) is 2.21. The Kier molecular flexibility index (Phi) is 2.49. The molecule has 2 heterocycles. The molecule has 2 aromatic rings. The number of furan rings is 1. The molecular weight excluding hydrogens is 190 g/mol. The highest BCUT2D eigenvalue weighted by Crippen LogP contribution is 2.11. The zero-order valence-corrected chi connectivity index (χ0v) is 9.24. The first kappa shape index (κ1) is 9.83. The van der Waals surface area contributed by atoms with Crippen LogP contribution in [-0.2, 0) is 13.6 Å². The fraction of sp³-hybridized carbons (Fsp3) is 0.364. The smallest absolute Gasteiger partial charge is 0.148 e. The third-order valence-electron chi connectivity index (χ3n) is 2.35. The van der Waals surface area contributed by atoms with Crippen LogP contribution in [0, 0.1) is 13.8 Å². The molecule has 0 bridgehead atoms. The summed E-state index contributed by atoms with van der Waals surface area (Å²) in [6.45, 7) is 4.63. The van der Waals surface area contributed by atoms with Crippen LogP contribution in [0.4, 0.5) is 5.82 Å². The third-order valence-corrected chi connectivity index (χ3v) is 2.35. The fourth-order valence-electron chi connectivity index (χ4n) is 1.40. The molecule has 2 rings (SSSR count). The van der Waals surface area contributed by atoms with Crippen molar-refractivity contribution in [3.8, 4) is 0 Å². The molecule has 4 heteroatoms. The molecule has 80 valence electrons. The first-order chi connectivity index (χ1) is 7.15. The van der Waals surface area contributed by atoms with Gasteiger partial charge in [0.25, 0.3) is 0 Å². The van der Waals surface area contributed by atoms with Gasteiger partial charge in [-0.15, -0.1) is 0 Å². The van der Waals surface area contributed by atoms with E-state index >= 15 is 0 Å². The summed E-state index contributed by atoms with van der Waals surface area (Å²) >= 11 is 0. The topological polar surface area (TPSA) is 43.0 Å². The second kappa shape index (κ2) is 3.81. The summed E-state index contributed by atoms with van der Waals surface area (Å²) in [7, 11) is 1.93. The van der Waals surface area contributed by atoms with Crippen molar-refractivity contribution >= 4 is 5.82 Å². The van der Waals surface area contributed by atoms with Crippen molar-refractivity contribution in [1.82, 2.24) is 9.78 Å². The van der Waals surface area contributed by atoms with Crippen molar-refractivity contribution in [2.45, 2.75) is 20.4 Å². The van der Waals surface area contributed by atoms with Crippen LogP contribution in [0.1, 0.15) is 17.2 Å². The SMILES string of the molecule is Cc1ccc(CNc2cc(C)n(C)n2)o1. The summed E-state index contributed by atoms with van der Waals surface area (Å²) in [4.78, 5) is 0. The Labute approximate surface area is 88.9 Å². The second-order valence-corrected chi connectivity index (χ2v) is 3.66. The molecule has 0 amide bonds. The van der Waals surface area contributed by atoms with Gasteiger partial charge in [0.2, 0.25) is 0 Å². The number of nitrogens with one attached hydrogen (secondary N) is 1. The summed E-state index contributed by atoms with van der Waals surface area (Å²) in [5.41, 5.74) is 1.13. The molecule has 0 unspecified atom stereocenters. The highest BCUT2D eigenvalue weighted by atomic mass is 16.3. The van der Waals surface area contributed by atoms with Gasteiger partial charge in [-0.3, -0.25) is 4.68 Å². The lowest BCUT2D eigenvalue weighted by atomic mass is 10.4. The normalized spacial score (nSPS) is 10.6. The maximum absolute atomic E-state index is 5.45. The van der Waals surface area contributed by atoms with E-state index < -0.39 is 0 Å². The lowest BCUT2D eigenvalue weighted by Gasteiger charge is -1.98. The zero-order valence-electron chi connectivity index (χ0n) is 9.24. The van der Waals surface area contributed by atoms with Gasteiger partial charge in [0.15, 0.2) is 0 Å². The Bertz CT molecular complexity index is 437. The van der Waals surface area contributed by atoms with Gasteiger partial charge in [-0.1, -0.05) is 0 Å². The minimum Gasteiger partial charge on any atom is -0.465 e. The predicted octanol–water partition coefficient (Wildman–Crippen LogP) is 2.24. The fourth-order valence-corrected chi connectivity index (χ4v) is 1.40. The maximum Gasteiger partial charge on any atom is 0.148 e. The van der Waals surface area contributed by atoms with Crippen LogP contribution < -0.4 is 5.32 Å². The number of aromatic nitrogens is 2. The van der Waals surface area contributed by atoms with E-state index in [9.17, 15) is 0 Å². The highest BCUT2D eigenvalue weighted by Gasteiger charge is 2.02. The van der Waals surface area contributed by atoms with E-state index in [2.05, 4.69) is 10.4 Å². The van der Waals surface area contributed by atoms with Crippen LogP contribution in [0.3, 0.4) is 0 Å². The molecule has 0 aromatic carbocycles. The summed E-state index contributed by atoms with van der Waals surface area (Å²) < 4.78 is 7.29. The number of nitrogens with zero attached hydrogens (tertiary/aromatic N) is 2. The molecule has 4 nitrogen and oxygen atoms in total. The first-order valence-electron chi connectivity index (χ1n) is 4.95. The van der Waals surface area contributed by atoms with Gasteiger partial charge in [-0.25, -0.2) is 0 Å². The zero-order chi connectivity index (χ0) is 10.8. The van der Waals surface area contributed by atoms with E-state index in [-0.39, 0.29) is 0 Å². The predicted molar refractivity (Wildman–Crippen MR) is 58.7 cm³/mol. The molecule has 0 aliphatic carbocycles. The molecule has 0 radical (unpaired) electrons. The van der Waals surface area contributed by atoms with E-state index in [1.165, 1.54) is 0 Å². The Morgan fingerprint density at radius 2 is 2.20 bits per heavy atom. The standard InChI is InChI=1S/C11H15N3O/c1-8-6-11(13-14(8)3)12-7-10-5-4-9(2)15-10/h4-6H,7H2,1-3H3,(H,12,13). The van der Waals surface area contributed by atoms with Gasteiger partial charge in [-0.2, -0.15) is 5.10 Å². The van der Waals surface area contributed by atoms with Crippen LogP contribution in [0.15, 0.2) is 22.6 Å². The van der Waals surface area contributed by atoms with E-state index in [1.54, 1.807) is 0 Å². The van der Waals surface area contributed by atoms with Gasteiger partial charge in [0.05, 0.1) is 6.54 Å². The van der Waals surface area contributed by atoms with Crippen LogP contribution in [0.5, 0.6) is 0 Å². The van der Waals surface area contributed by atoms with Crippen molar-refractivity contribution in [3.05, 3.63) is 35.4 Å². The number of aryl methyl sites for hydroxylation is 3. The maximum atomic E-state index is 5.45. The minimum atomic E-state index is 0.671. The van der Waals surface area contributed by atoms with E-state index in [4.69, 9.17) is 4.42 Å². The number of rotatable bonds is 3. The van der Waals surface area contributed by atoms with Crippen molar-refractivity contribution in [1.29, 1.82) is 0 Å². The van der Waals surface area contributed by atoms with Gasteiger partial charge >= 0.3 is 0 Å². The molecular formula is C11H15N3O.